The molecule has 0 fully saturated rings. The Morgan fingerprint density at radius 2 is 1.82 bits per heavy atom. The number of benzene rings is 2. The first-order valence-corrected chi connectivity index (χ1v) is 6.23. The van der Waals surface area contributed by atoms with Crippen molar-refractivity contribution in [1.29, 1.82) is 0 Å². The molecule has 2 aromatic rings. The summed E-state index contributed by atoms with van der Waals surface area (Å²) in [6, 6.07) is 11.2. The van der Waals surface area contributed by atoms with Crippen LogP contribution >= 0.6 is 0 Å². The van der Waals surface area contributed by atoms with Crippen LogP contribution in [-0.4, -0.2) is 23.1 Å². The summed E-state index contributed by atoms with van der Waals surface area (Å²) >= 11 is 0. The third-order valence-electron chi connectivity index (χ3n) is 2.56. The first-order valence-electron chi connectivity index (χ1n) is 6.23. The van der Waals surface area contributed by atoms with E-state index in [4.69, 9.17) is 0 Å². The Morgan fingerprint density at radius 1 is 1.09 bits per heavy atom. The standard InChI is InChI=1S/C15H12FN3O3/c16-11-4-6-12(7-5-11)18-14(21)15(22)19-17-9-10-2-1-3-13(20)8-10/h1-9,20H,(H,18,21)(H,19,22)/b17-9-. The summed E-state index contributed by atoms with van der Waals surface area (Å²) in [5.41, 5.74) is 2.89. The number of nitrogens with zero attached hydrogens (tertiary/aromatic N) is 1. The van der Waals surface area contributed by atoms with Gasteiger partial charge in [-0.2, -0.15) is 5.10 Å². The predicted molar refractivity (Wildman–Crippen MR) is 78.9 cm³/mol. The predicted octanol–water partition coefficient (Wildman–Crippen LogP) is 1.62. The molecule has 7 heteroatoms. The average molecular weight is 301 g/mol. The van der Waals surface area contributed by atoms with Gasteiger partial charge in [-0.15, -0.1) is 0 Å². The van der Waals surface area contributed by atoms with Gasteiger partial charge in [-0.05, 0) is 42.0 Å². The van der Waals surface area contributed by atoms with E-state index in [1.807, 2.05) is 5.43 Å². The minimum atomic E-state index is -0.972. The zero-order chi connectivity index (χ0) is 15.9. The fraction of sp³-hybridized carbons (Fsp3) is 0. The van der Waals surface area contributed by atoms with E-state index >= 15 is 0 Å². The van der Waals surface area contributed by atoms with Gasteiger partial charge in [0.05, 0.1) is 6.21 Å². The minimum Gasteiger partial charge on any atom is -0.508 e. The number of hydrogen-bond donors (Lipinski definition) is 3. The number of anilines is 1. The highest BCUT2D eigenvalue weighted by atomic mass is 19.1. The largest absolute Gasteiger partial charge is 0.508 e. The first-order chi connectivity index (χ1) is 10.5. The Hall–Kier alpha value is -3.22. The maximum Gasteiger partial charge on any atom is 0.329 e. The summed E-state index contributed by atoms with van der Waals surface area (Å²) in [6.45, 7) is 0. The van der Waals surface area contributed by atoms with Crippen LogP contribution in [0.2, 0.25) is 0 Å². The number of hydrogen-bond acceptors (Lipinski definition) is 4. The average Bonchev–Trinajstić information content (AvgIpc) is 2.49. The number of phenols is 1. The summed E-state index contributed by atoms with van der Waals surface area (Å²) in [5, 5.41) is 15.2. The van der Waals surface area contributed by atoms with E-state index in [0.717, 1.165) is 12.1 Å². The SMILES string of the molecule is O=C(N/N=C\c1cccc(O)c1)C(=O)Nc1ccc(F)cc1. The Balaban J connectivity index is 1.89. The lowest BCUT2D eigenvalue weighted by Crippen LogP contribution is -2.32. The third-order valence-corrected chi connectivity index (χ3v) is 2.56. The molecule has 0 unspecified atom stereocenters. The summed E-state index contributed by atoms with van der Waals surface area (Å²) < 4.78 is 12.7. The maximum atomic E-state index is 12.7. The lowest BCUT2D eigenvalue weighted by atomic mass is 10.2. The zero-order valence-electron chi connectivity index (χ0n) is 11.3. The van der Waals surface area contributed by atoms with Crippen molar-refractivity contribution in [3.8, 4) is 5.75 Å². The fourth-order valence-corrected chi connectivity index (χ4v) is 1.54. The monoisotopic (exact) mass is 301 g/mol. The molecule has 0 aliphatic carbocycles. The molecule has 2 amide bonds. The maximum absolute atomic E-state index is 12.7. The van der Waals surface area contributed by atoms with Gasteiger partial charge in [-0.1, -0.05) is 12.1 Å². The molecule has 0 aromatic heterocycles. The van der Waals surface area contributed by atoms with Crippen molar-refractivity contribution in [2.45, 2.75) is 0 Å². The Morgan fingerprint density at radius 3 is 2.50 bits per heavy atom. The molecular formula is C15H12FN3O3. The van der Waals surface area contributed by atoms with Crippen molar-refractivity contribution in [2.24, 2.45) is 5.10 Å². The molecule has 0 saturated heterocycles. The van der Waals surface area contributed by atoms with E-state index in [2.05, 4.69) is 10.4 Å². The number of nitrogens with one attached hydrogen (secondary N) is 2. The first kappa shape index (κ1) is 15.2. The number of rotatable bonds is 3. The molecule has 0 heterocycles. The quantitative estimate of drug-likeness (QED) is 0.457. The third kappa shape index (κ3) is 4.41. The van der Waals surface area contributed by atoms with Gasteiger partial charge in [0, 0.05) is 5.69 Å². The summed E-state index contributed by atoms with van der Waals surface area (Å²) in [4.78, 5) is 23.1. The number of hydrazone groups is 1. The van der Waals surface area contributed by atoms with Gasteiger partial charge in [0.25, 0.3) is 0 Å². The summed E-state index contributed by atoms with van der Waals surface area (Å²) in [5.74, 6) is -2.29. The molecule has 3 N–H and O–H groups in total. The molecule has 0 atom stereocenters. The van der Waals surface area contributed by atoms with Crippen molar-refractivity contribution in [1.82, 2.24) is 5.43 Å². The zero-order valence-corrected chi connectivity index (χ0v) is 11.3. The molecule has 0 spiro atoms. The number of phenolic OH excluding ortho intramolecular Hbond substituents is 1. The highest BCUT2D eigenvalue weighted by Gasteiger charge is 2.12. The van der Waals surface area contributed by atoms with Crippen LogP contribution in [0.5, 0.6) is 5.75 Å². The highest BCUT2D eigenvalue weighted by molar-refractivity contribution is 6.39. The molecule has 2 rings (SSSR count). The molecule has 0 aliphatic rings. The van der Waals surface area contributed by atoms with Gasteiger partial charge >= 0.3 is 11.8 Å². The van der Waals surface area contributed by atoms with Crippen molar-refractivity contribution >= 4 is 23.7 Å². The Bertz CT molecular complexity index is 714. The van der Waals surface area contributed by atoms with Gasteiger partial charge in [-0.25, -0.2) is 9.82 Å². The van der Waals surface area contributed by atoms with E-state index in [9.17, 15) is 19.1 Å². The van der Waals surface area contributed by atoms with Crippen LogP contribution in [0.3, 0.4) is 0 Å². The van der Waals surface area contributed by atoms with Gasteiger partial charge in [0.1, 0.15) is 11.6 Å². The van der Waals surface area contributed by atoms with Crippen LogP contribution in [0.15, 0.2) is 53.6 Å². The van der Waals surface area contributed by atoms with Crippen molar-refractivity contribution in [3.05, 3.63) is 59.9 Å². The molecule has 0 saturated carbocycles. The van der Waals surface area contributed by atoms with E-state index in [1.165, 1.54) is 30.5 Å². The van der Waals surface area contributed by atoms with Gasteiger partial charge in [0.15, 0.2) is 0 Å². The Kier molecular flexibility index (Phi) is 4.81. The van der Waals surface area contributed by atoms with Crippen molar-refractivity contribution < 1.29 is 19.1 Å². The Labute approximate surface area is 125 Å². The molecular weight excluding hydrogens is 289 g/mol. The van der Waals surface area contributed by atoms with Crippen LogP contribution in [0.25, 0.3) is 0 Å². The molecule has 0 bridgehead atoms. The van der Waals surface area contributed by atoms with Crippen molar-refractivity contribution in [3.63, 3.8) is 0 Å². The number of amides is 2. The normalized spacial score (nSPS) is 10.4. The van der Waals surface area contributed by atoms with E-state index < -0.39 is 17.6 Å². The minimum absolute atomic E-state index is 0.0596. The number of carbonyl (C=O) groups excluding carboxylic acids is 2. The molecule has 6 nitrogen and oxygen atoms in total. The van der Waals surface area contributed by atoms with Gasteiger partial charge < -0.3 is 10.4 Å². The molecule has 2 aromatic carbocycles. The number of halogens is 1. The van der Waals surface area contributed by atoms with Crippen LogP contribution in [0, 0.1) is 5.82 Å². The molecule has 0 radical (unpaired) electrons. The van der Waals surface area contributed by atoms with Crippen LogP contribution < -0.4 is 10.7 Å². The second-order valence-corrected chi connectivity index (χ2v) is 4.26. The second-order valence-electron chi connectivity index (χ2n) is 4.26. The number of aromatic hydroxyl groups is 1. The van der Waals surface area contributed by atoms with E-state index in [1.54, 1.807) is 12.1 Å². The van der Waals surface area contributed by atoms with Crippen LogP contribution in [0.4, 0.5) is 10.1 Å². The van der Waals surface area contributed by atoms with Crippen LogP contribution in [-0.2, 0) is 9.59 Å². The summed E-state index contributed by atoms with van der Waals surface area (Å²) in [7, 11) is 0. The number of carbonyl (C=O) groups is 2. The highest BCUT2D eigenvalue weighted by Crippen LogP contribution is 2.09. The molecule has 22 heavy (non-hydrogen) atoms. The topological polar surface area (TPSA) is 90.8 Å². The van der Waals surface area contributed by atoms with Crippen molar-refractivity contribution in [2.75, 3.05) is 5.32 Å². The molecule has 0 aliphatic heterocycles. The molecule has 112 valence electrons. The van der Waals surface area contributed by atoms with Gasteiger partial charge in [-0.3, -0.25) is 9.59 Å². The smallest absolute Gasteiger partial charge is 0.329 e. The van der Waals surface area contributed by atoms with Gasteiger partial charge in [0.2, 0.25) is 0 Å². The summed E-state index contributed by atoms with van der Waals surface area (Å²) in [6.07, 6.45) is 1.28. The van der Waals surface area contributed by atoms with E-state index in [0.29, 0.717) is 11.3 Å². The lowest BCUT2D eigenvalue weighted by Gasteiger charge is -2.03. The lowest BCUT2D eigenvalue weighted by molar-refractivity contribution is -0.136. The fourth-order valence-electron chi connectivity index (χ4n) is 1.54. The van der Waals surface area contributed by atoms with E-state index in [-0.39, 0.29) is 5.75 Å². The van der Waals surface area contributed by atoms with Crippen LogP contribution in [0.1, 0.15) is 5.56 Å². The second kappa shape index (κ2) is 6.98.